The molecule has 0 aliphatic heterocycles. The van der Waals surface area contributed by atoms with Crippen LogP contribution in [-0.2, 0) is 0 Å². The summed E-state index contributed by atoms with van der Waals surface area (Å²) in [5.41, 5.74) is 4.23. The van der Waals surface area contributed by atoms with Crippen molar-refractivity contribution in [2.45, 2.75) is 18.7 Å². The summed E-state index contributed by atoms with van der Waals surface area (Å²) in [7, 11) is 0. The van der Waals surface area contributed by atoms with Crippen LogP contribution in [0.5, 0.6) is 11.5 Å². The Bertz CT molecular complexity index is 1160. The number of aromatic hydroxyl groups is 2. The number of anilines is 3. The molecule has 0 amide bonds. The zero-order valence-corrected chi connectivity index (χ0v) is 17.9. The summed E-state index contributed by atoms with van der Waals surface area (Å²) < 4.78 is 3.17. The second-order valence-corrected chi connectivity index (χ2v) is 8.31. The van der Waals surface area contributed by atoms with E-state index >= 15 is 0 Å². The van der Waals surface area contributed by atoms with Gasteiger partial charge in [0.1, 0.15) is 0 Å². The third kappa shape index (κ3) is 4.81. The van der Waals surface area contributed by atoms with E-state index in [2.05, 4.69) is 25.0 Å². The summed E-state index contributed by atoms with van der Waals surface area (Å²) in [6.45, 7) is 3.89. The van der Waals surface area contributed by atoms with Crippen molar-refractivity contribution < 1.29 is 10.2 Å². The fourth-order valence-corrected chi connectivity index (χ4v) is 4.06. The Morgan fingerprint density at radius 3 is 2.30 bits per heavy atom. The van der Waals surface area contributed by atoms with Gasteiger partial charge in [-0.2, -0.15) is 0 Å². The first-order chi connectivity index (χ1) is 14.5. The Labute approximate surface area is 182 Å². The molecule has 7 nitrogen and oxygen atoms in total. The highest BCUT2D eigenvalue weighted by molar-refractivity contribution is 8.00. The molecule has 4 aromatic rings. The van der Waals surface area contributed by atoms with Gasteiger partial charge in [-0.05, 0) is 74.3 Å². The normalized spacial score (nSPS) is 10.7. The first-order valence-electron chi connectivity index (χ1n) is 9.06. The predicted octanol–water partition coefficient (Wildman–Crippen LogP) is 5.49. The van der Waals surface area contributed by atoms with Crippen LogP contribution < -0.4 is 10.0 Å². The van der Waals surface area contributed by atoms with Gasteiger partial charge in [0.05, 0.1) is 5.69 Å². The first kappa shape index (κ1) is 20.0. The standard InChI is InChI=1S/C21H19N5O2S2/c1-12-9-13(2)23-20(22-12)26-30-16-6-4-15(5-7-16)24-21-25-17(11-29-21)14-3-8-18(27)19(28)10-14/h3-11,27-28H,1-2H3,(H,24,25)(H,22,23,26). The smallest absolute Gasteiger partial charge is 0.233 e. The molecule has 0 aliphatic rings. The van der Waals surface area contributed by atoms with E-state index in [1.54, 1.807) is 6.07 Å². The molecule has 0 spiro atoms. The number of hydrogen-bond donors (Lipinski definition) is 4. The van der Waals surface area contributed by atoms with Crippen LogP contribution in [0.3, 0.4) is 0 Å². The monoisotopic (exact) mass is 437 g/mol. The lowest BCUT2D eigenvalue weighted by Crippen LogP contribution is -1.98. The van der Waals surface area contributed by atoms with Gasteiger partial charge in [-0.1, -0.05) is 0 Å². The summed E-state index contributed by atoms with van der Waals surface area (Å²) in [4.78, 5) is 14.3. The van der Waals surface area contributed by atoms with Gasteiger partial charge in [-0.3, -0.25) is 4.72 Å². The molecular formula is C21H19N5O2S2. The molecule has 0 saturated carbocycles. The summed E-state index contributed by atoms with van der Waals surface area (Å²) >= 11 is 2.91. The van der Waals surface area contributed by atoms with Gasteiger partial charge in [0.25, 0.3) is 0 Å². The molecule has 0 fully saturated rings. The van der Waals surface area contributed by atoms with Gasteiger partial charge in [0, 0.05) is 32.9 Å². The van der Waals surface area contributed by atoms with E-state index in [-0.39, 0.29) is 11.5 Å². The van der Waals surface area contributed by atoms with E-state index in [0.717, 1.165) is 38.4 Å². The number of nitrogens with one attached hydrogen (secondary N) is 2. The molecule has 30 heavy (non-hydrogen) atoms. The summed E-state index contributed by atoms with van der Waals surface area (Å²) in [6.07, 6.45) is 0. The lowest BCUT2D eigenvalue weighted by Gasteiger charge is -2.07. The lowest BCUT2D eigenvalue weighted by molar-refractivity contribution is 0.404. The van der Waals surface area contributed by atoms with Crippen molar-refractivity contribution in [1.29, 1.82) is 0 Å². The number of phenolic OH excluding ortho intramolecular Hbond substituents is 2. The van der Waals surface area contributed by atoms with Crippen molar-refractivity contribution in [3.05, 3.63) is 65.3 Å². The largest absolute Gasteiger partial charge is 0.504 e. The van der Waals surface area contributed by atoms with Crippen molar-refractivity contribution >= 4 is 40.1 Å². The van der Waals surface area contributed by atoms with Crippen LogP contribution in [0.1, 0.15) is 11.4 Å². The number of phenols is 2. The molecule has 0 unspecified atom stereocenters. The Morgan fingerprint density at radius 1 is 0.867 bits per heavy atom. The molecule has 4 rings (SSSR count). The van der Waals surface area contributed by atoms with Gasteiger partial charge < -0.3 is 15.5 Å². The van der Waals surface area contributed by atoms with Gasteiger partial charge in [0.15, 0.2) is 16.6 Å². The molecule has 0 radical (unpaired) electrons. The number of thiazole rings is 1. The lowest BCUT2D eigenvalue weighted by atomic mass is 10.1. The first-order valence-corrected chi connectivity index (χ1v) is 10.8. The van der Waals surface area contributed by atoms with E-state index in [1.165, 1.54) is 35.4 Å². The molecule has 0 saturated heterocycles. The summed E-state index contributed by atoms with van der Waals surface area (Å²) in [5, 5.41) is 25.0. The van der Waals surface area contributed by atoms with Gasteiger partial charge in [0.2, 0.25) is 5.95 Å². The second kappa shape index (κ2) is 8.60. The number of aryl methyl sites for hydroxylation is 2. The van der Waals surface area contributed by atoms with Crippen LogP contribution in [0.4, 0.5) is 16.8 Å². The average Bonchev–Trinajstić information content (AvgIpc) is 3.17. The molecule has 9 heteroatoms. The number of benzene rings is 2. The van der Waals surface area contributed by atoms with Crippen molar-refractivity contribution in [2.24, 2.45) is 0 Å². The van der Waals surface area contributed by atoms with Gasteiger partial charge in [-0.25, -0.2) is 15.0 Å². The highest BCUT2D eigenvalue weighted by atomic mass is 32.2. The Morgan fingerprint density at radius 2 is 1.60 bits per heavy atom. The maximum Gasteiger partial charge on any atom is 0.233 e. The topological polar surface area (TPSA) is 103 Å². The molecule has 0 aliphatic carbocycles. The number of aromatic nitrogens is 3. The zero-order chi connectivity index (χ0) is 21.1. The van der Waals surface area contributed by atoms with E-state index in [1.807, 2.05) is 49.6 Å². The molecule has 2 heterocycles. The zero-order valence-electron chi connectivity index (χ0n) is 16.2. The van der Waals surface area contributed by atoms with Crippen LogP contribution in [0, 0.1) is 13.8 Å². The molecule has 152 valence electrons. The maximum absolute atomic E-state index is 9.67. The van der Waals surface area contributed by atoms with E-state index in [9.17, 15) is 10.2 Å². The third-order valence-corrected chi connectivity index (χ3v) is 5.67. The van der Waals surface area contributed by atoms with Crippen LogP contribution in [0.25, 0.3) is 11.3 Å². The van der Waals surface area contributed by atoms with Crippen LogP contribution >= 0.6 is 23.3 Å². The van der Waals surface area contributed by atoms with Crippen molar-refractivity contribution in [3.8, 4) is 22.8 Å². The average molecular weight is 438 g/mol. The van der Waals surface area contributed by atoms with Crippen LogP contribution in [0.15, 0.2) is 58.8 Å². The number of hydrogen-bond acceptors (Lipinski definition) is 9. The predicted molar refractivity (Wildman–Crippen MR) is 122 cm³/mol. The Balaban J connectivity index is 1.39. The molecule has 2 aromatic heterocycles. The third-order valence-electron chi connectivity index (χ3n) is 4.12. The van der Waals surface area contributed by atoms with Crippen molar-refractivity contribution in [3.63, 3.8) is 0 Å². The Kier molecular flexibility index (Phi) is 5.73. The van der Waals surface area contributed by atoms with Crippen LogP contribution in [-0.4, -0.2) is 25.2 Å². The minimum Gasteiger partial charge on any atom is -0.504 e. The molecule has 0 bridgehead atoms. The molecule has 4 N–H and O–H groups in total. The van der Waals surface area contributed by atoms with Crippen LogP contribution in [0.2, 0.25) is 0 Å². The fraction of sp³-hybridized carbons (Fsp3) is 0.0952. The van der Waals surface area contributed by atoms with E-state index in [4.69, 9.17) is 0 Å². The molecule has 0 atom stereocenters. The van der Waals surface area contributed by atoms with Crippen molar-refractivity contribution in [1.82, 2.24) is 15.0 Å². The minimum absolute atomic E-state index is 0.149. The molecular weight excluding hydrogens is 418 g/mol. The summed E-state index contributed by atoms with van der Waals surface area (Å²) in [5.74, 6) is 0.280. The highest BCUT2D eigenvalue weighted by Crippen LogP contribution is 2.33. The van der Waals surface area contributed by atoms with Crippen molar-refractivity contribution in [2.75, 3.05) is 10.0 Å². The van der Waals surface area contributed by atoms with Gasteiger partial charge in [-0.15, -0.1) is 11.3 Å². The number of rotatable bonds is 6. The fourth-order valence-electron chi connectivity index (χ4n) is 2.75. The molecule has 2 aromatic carbocycles. The quantitative estimate of drug-likeness (QED) is 0.232. The van der Waals surface area contributed by atoms with E-state index < -0.39 is 0 Å². The highest BCUT2D eigenvalue weighted by Gasteiger charge is 2.08. The summed E-state index contributed by atoms with van der Waals surface area (Å²) in [6, 6.07) is 14.5. The van der Waals surface area contributed by atoms with E-state index in [0.29, 0.717) is 5.95 Å². The second-order valence-electron chi connectivity index (χ2n) is 6.57. The number of nitrogens with zero attached hydrogens (tertiary/aromatic N) is 3. The minimum atomic E-state index is -0.164. The SMILES string of the molecule is Cc1cc(C)nc(NSc2ccc(Nc3nc(-c4ccc(O)c(O)c4)cs3)cc2)n1. The maximum atomic E-state index is 9.67. The Hall–Kier alpha value is -3.30. The van der Waals surface area contributed by atoms with Gasteiger partial charge >= 0.3 is 0 Å².